The lowest BCUT2D eigenvalue weighted by Gasteiger charge is -2.31. The van der Waals surface area contributed by atoms with Crippen molar-refractivity contribution in [2.45, 2.75) is 25.7 Å². The van der Waals surface area contributed by atoms with Gasteiger partial charge in [-0.15, -0.1) is 0 Å². The highest BCUT2D eigenvalue weighted by atomic mass is 79.9. The first kappa shape index (κ1) is 14.0. The first-order valence-electron chi connectivity index (χ1n) is 6.60. The van der Waals surface area contributed by atoms with Crippen LogP contribution in [0.1, 0.15) is 31.4 Å². The minimum absolute atomic E-state index is 0.0125. The van der Waals surface area contributed by atoms with Crippen LogP contribution in [0.25, 0.3) is 0 Å². The molecular weight excluding hydrogens is 336 g/mol. The fraction of sp³-hybridized carbons (Fsp3) is 0.333. The zero-order chi connectivity index (χ0) is 15.1. The first-order chi connectivity index (χ1) is 10.0. The molecule has 2 aliphatic rings. The Balaban J connectivity index is 2.17. The van der Waals surface area contributed by atoms with Crippen LogP contribution in [0.3, 0.4) is 0 Å². The molecule has 3 rings (SSSR count). The number of hydrogen-bond acceptors (Lipinski definition) is 5. The lowest BCUT2D eigenvalue weighted by molar-refractivity contribution is -0.117. The second kappa shape index (κ2) is 5.08. The quantitative estimate of drug-likeness (QED) is 0.841. The minimum Gasteiger partial charge on any atom is -0.453 e. The van der Waals surface area contributed by atoms with Gasteiger partial charge in [0.1, 0.15) is 23.2 Å². The highest BCUT2D eigenvalue weighted by Crippen LogP contribution is 2.45. The van der Waals surface area contributed by atoms with Gasteiger partial charge < -0.3 is 14.9 Å². The van der Waals surface area contributed by atoms with Gasteiger partial charge in [0.15, 0.2) is 10.5 Å². The van der Waals surface area contributed by atoms with Crippen molar-refractivity contribution in [3.63, 3.8) is 0 Å². The highest BCUT2D eigenvalue weighted by Gasteiger charge is 2.41. The third kappa shape index (κ3) is 2.28. The number of furan rings is 1. The van der Waals surface area contributed by atoms with Gasteiger partial charge in [0.2, 0.25) is 5.88 Å². The van der Waals surface area contributed by atoms with Crippen LogP contribution in [0.15, 0.2) is 44.0 Å². The standard InChI is InChI=1S/C15H13BrN2O3/c1-7-4-9(19)14-11(5-7)21-15(18)8(6-17)13(14)10-2-3-12(16)20-10/h2-3,7,13H,4-5,18H2,1H3/t7-,13+/m1/s1. The molecule has 0 saturated carbocycles. The number of nitrogens with zero attached hydrogens (tertiary/aromatic N) is 1. The number of nitriles is 1. The second-order valence-corrected chi connectivity index (χ2v) is 6.12. The summed E-state index contributed by atoms with van der Waals surface area (Å²) in [5.74, 6) is 0.742. The molecule has 0 radical (unpaired) electrons. The maximum absolute atomic E-state index is 12.4. The predicted octanol–water partition coefficient (Wildman–Crippen LogP) is 3.10. The van der Waals surface area contributed by atoms with Gasteiger partial charge >= 0.3 is 0 Å². The summed E-state index contributed by atoms with van der Waals surface area (Å²) in [6.07, 6.45) is 1.08. The topological polar surface area (TPSA) is 89.2 Å². The summed E-state index contributed by atoms with van der Waals surface area (Å²) in [6.45, 7) is 1.99. The normalized spacial score (nSPS) is 25.5. The van der Waals surface area contributed by atoms with E-state index in [-0.39, 0.29) is 23.2 Å². The van der Waals surface area contributed by atoms with E-state index in [2.05, 4.69) is 15.9 Å². The number of rotatable bonds is 1. The molecule has 5 nitrogen and oxygen atoms in total. The summed E-state index contributed by atoms with van der Waals surface area (Å²) >= 11 is 3.24. The number of ether oxygens (including phenoxy) is 1. The Morgan fingerprint density at radius 1 is 1.43 bits per heavy atom. The van der Waals surface area contributed by atoms with Crippen molar-refractivity contribution in [3.8, 4) is 6.07 Å². The molecule has 2 atom stereocenters. The predicted molar refractivity (Wildman–Crippen MR) is 77.5 cm³/mol. The largest absolute Gasteiger partial charge is 0.453 e. The van der Waals surface area contributed by atoms with Gasteiger partial charge in [-0.05, 0) is 34.0 Å². The number of ketones is 1. The maximum Gasteiger partial charge on any atom is 0.205 e. The van der Waals surface area contributed by atoms with Crippen LogP contribution in [0.5, 0.6) is 0 Å². The summed E-state index contributed by atoms with van der Waals surface area (Å²) < 4.78 is 11.6. The van der Waals surface area contributed by atoms with Gasteiger partial charge in [-0.1, -0.05) is 6.92 Å². The van der Waals surface area contributed by atoms with Crippen molar-refractivity contribution in [2.24, 2.45) is 11.7 Å². The molecular formula is C15H13BrN2O3. The molecule has 0 unspecified atom stereocenters. The highest BCUT2D eigenvalue weighted by molar-refractivity contribution is 9.10. The Hall–Kier alpha value is -2.00. The van der Waals surface area contributed by atoms with Gasteiger partial charge in [-0.3, -0.25) is 4.79 Å². The van der Waals surface area contributed by atoms with E-state index in [9.17, 15) is 10.1 Å². The fourth-order valence-corrected chi connectivity index (χ4v) is 3.18. The molecule has 0 spiro atoms. The number of allylic oxidation sites excluding steroid dienone is 3. The lowest BCUT2D eigenvalue weighted by Crippen LogP contribution is -2.29. The van der Waals surface area contributed by atoms with Crippen molar-refractivity contribution in [1.29, 1.82) is 5.26 Å². The van der Waals surface area contributed by atoms with Gasteiger partial charge in [-0.2, -0.15) is 5.26 Å². The van der Waals surface area contributed by atoms with Crippen LogP contribution in [-0.2, 0) is 9.53 Å². The number of carbonyl (C=O) groups excluding carboxylic acids is 1. The van der Waals surface area contributed by atoms with Gasteiger partial charge in [0.05, 0.1) is 5.92 Å². The van der Waals surface area contributed by atoms with Crippen LogP contribution >= 0.6 is 15.9 Å². The zero-order valence-corrected chi connectivity index (χ0v) is 12.9. The molecule has 6 heteroatoms. The lowest BCUT2D eigenvalue weighted by atomic mass is 9.77. The fourth-order valence-electron chi connectivity index (χ4n) is 2.86. The van der Waals surface area contributed by atoms with E-state index in [4.69, 9.17) is 14.9 Å². The third-order valence-corrected chi connectivity index (χ3v) is 4.17. The molecule has 1 aliphatic carbocycles. The van der Waals surface area contributed by atoms with Crippen molar-refractivity contribution in [2.75, 3.05) is 0 Å². The molecule has 2 N–H and O–H groups in total. The Bertz CT molecular complexity index is 724. The average molecular weight is 349 g/mol. The smallest absolute Gasteiger partial charge is 0.205 e. The van der Waals surface area contributed by atoms with E-state index >= 15 is 0 Å². The Labute approximate surface area is 130 Å². The molecule has 1 aliphatic heterocycles. The van der Waals surface area contributed by atoms with E-state index < -0.39 is 5.92 Å². The third-order valence-electron chi connectivity index (χ3n) is 3.74. The van der Waals surface area contributed by atoms with Gasteiger partial charge in [-0.25, -0.2) is 0 Å². The maximum atomic E-state index is 12.4. The molecule has 0 aromatic carbocycles. The molecule has 0 fully saturated rings. The second-order valence-electron chi connectivity index (χ2n) is 5.34. The van der Waals surface area contributed by atoms with E-state index in [1.807, 2.05) is 13.0 Å². The first-order valence-corrected chi connectivity index (χ1v) is 7.39. The average Bonchev–Trinajstić information content (AvgIpc) is 2.83. The van der Waals surface area contributed by atoms with Crippen molar-refractivity contribution in [1.82, 2.24) is 0 Å². The van der Waals surface area contributed by atoms with E-state index in [0.717, 1.165) is 0 Å². The number of carbonyl (C=O) groups is 1. The number of Topliss-reactive ketones (excluding diaryl/α,β-unsaturated/α-hetero) is 1. The van der Waals surface area contributed by atoms with Crippen LogP contribution in [0.4, 0.5) is 0 Å². The van der Waals surface area contributed by atoms with E-state index in [0.29, 0.717) is 34.6 Å². The number of hydrogen-bond donors (Lipinski definition) is 1. The number of nitrogens with two attached hydrogens (primary N) is 1. The molecule has 108 valence electrons. The summed E-state index contributed by atoms with van der Waals surface area (Å²) in [6, 6.07) is 5.51. The van der Waals surface area contributed by atoms with Crippen molar-refractivity contribution >= 4 is 21.7 Å². The van der Waals surface area contributed by atoms with Crippen molar-refractivity contribution in [3.05, 3.63) is 45.4 Å². The van der Waals surface area contributed by atoms with Crippen LogP contribution in [-0.4, -0.2) is 5.78 Å². The van der Waals surface area contributed by atoms with Crippen molar-refractivity contribution < 1.29 is 13.9 Å². The Morgan fingerprint density at radius 2 is 2.19 bits per heavy atom. The van der Waals surface area contributed by atoms with Gasteiger partial charge in [0.25, 0.3) is 0 Å². The summed E-state index contributed by atoms with van der Waals surface area (Å²) in [7, 11) is 0. The van der Waals surface area contributed by atoms with Crippen LogP contribution < -0.4 is 5.73 Å². The number of halogens is 1. The molecule has 0 bridgehead atoms. The molecule has 1 aromatic rings. The SMILES string of the molecule is C[C@@H]1CC(=O)C2=C(C1)OC(N)=C(C#N)[C@H]2c1ccc(Br)o1. The Morgan fingerprint density at radius 3 is 2.81 bits per heavy atom. The summed E-state index contributed by atoms with van der Waals surface area (Å²) in [4.78, 5) is 12.4. The van der Waals surface area contributed by atoms with Gasteiger partial charge in [0, 0.05) is 18.4 Å². The molecule has 0 amide bonds. The molecule has 1 aromatic heterocycles. The minimum atomic E-state index is -0.579. The zero-order valence-electron chi connectivity index (χ0n) is 11.4. The monoisotopic (exact) mass is 348 g/mol. The summed E-state index contributed by atoms with van der Waals surface area (Å²) in [5.41, 5.74) is 6.58. The van der Waals surface area contributed by atoms with E-state index in [1.165, 1.54) is 0 Å². The van der Waals surface area contributed by atoms with Crippen LogP contribution in [0, 0.1) is 17.2 Å². The molecule has 2 heterocycles. The molecule has 21 heavy (non-hydrogen) atoms. The summed E-state index contributed by atoms with van der Waals surface area (Å²) in [5, 5.41) is 9.37. The van der Waals surface area contributed by atoms with Crippen LogP contribution in [0.2, 0.25) is 0 Å². The van der Waals surface area contributed by atoms with E-state index in [1.54, 1.807) is 12.1 Å². The molecule has 0 saturated heterocycles. The Kier molecular flexibility index (Phi) is 3.38.